The molecule has 0 aliphatic heterocycles. The second-order valence-electron chi connectivity index (χ2n) is 14.2. The summed E-state index contributed by atoms with van der Waals surface area (Å²) in [4.78, 5) is 15.3. The van der Waals surface area contributed by atoms with E-state index in [2.05, 4.69) is 211 Å². The number of anilines is 5. The van der Waals surface area contributed by atoms with Crippen LogP contribution in [-0.4, -0.2) is 17.0 Å². The predicted octanol–water partition coefficient (Wildman–Crippen LogP) is 15.8. The van der Waals surface area contributed by atoms with Gasteiger partial charge in [0.05, 0.1) is 22.4 Å². The van der Waals surface area contributed by atoms with E-state index in [1.54, 1.807) is 6.08 Å². The summed E-state index contributed by atoms with van der Waals surface area (Å²) in [5.74, 6) is 0. The number of benzene rings is 8. The molecule has 0 aliphatic carbocycles. The van der Waals surface area contributed by atoms with Crippen molar-refractivity contribution < 1.29 is 0 Å². The number of aromatic nitrogens is 2. The molecular weight excluding hydrogens is 729 g/mol. The lowest BCUT2D eigenvalue weighted by Gasteiger charge is -2.27. The third-order valence-electron chi connectivity index (χ3n) is 10.2. The van der Waals surface area contributed by atoms with E-state index in [0.29, 0.717) is 0 Å². The first kappa shape index (κ1) is 40.6. The van der Waals surface area contributed by atoms with Crippen LogP contribution in [0.5, 0.6) is 0 Å². The smallest absolute Gasteiger partial charge is 0.0973 e. The minimum Gasteiger partial charge on any atom is -0.345 e. The highest BCUT2D eigenvalue weighted by Gasteiger charge is 2.18. The van der Waals surface area contributed by atoms with Gasteiger partial charge in [0.25, 0.3) is 0 Å². The van der Waals surface area contributed by atoms with E-state index < -0.39 is 0 Å². The molecule has 9 rings (SSSR count). The fraction of sp³-hybridized carbons (Fsp3) is 0.0714. The van der Waals surface area contributed by atoms with Gasteiger partial charge in [0.2, 0.25) is 0 Å². The van der Waals surface area contributed by atoms with Crippen molar-refractivity contribution in [2.45, 2.75) is 20.8 Å². The fourth-order valence-electron chi connectivity index (χ4n) is 7.17. The van der Waals surface area contributed by atoms with Crippen LogP contribution in [-0.2, 0) is 0 Å². The summed E-state index contributed by atoms with van der Waals surface area (Å²) in [7, 11) is 2.10. The van der Waals surface area contributed by atoms with E-state index in [-0.39, 0.29) is 0 Å². The van der Waals surface area contributed by atoms with Crippen LogP contribution in [0.3, 0.4) is 0 Å². The molecule has 8 aromatic carbocycles. The van der Waals surface area contributed by atoms with Crippen LogP contribution in [0.4, 0.5) is 28.4 Å². The van der Waals surface area contributed by atoms with Gasteiger partial charge in [0, 0.05) is 52.2 Å². The number of fused-ring (bicyclic) bond motifs is 2. The number of allylic oxidation sites excluding steroid dienone is 3. The molecule has 0 saturated heterocycles. The molecule has 0 aliphatic rings. The standard InChI is InChI=1S/C49H36N4.C4H8.C3H6/c1-52(38-19-7-3-8-20-38)39-31-33-42(34-32-39)53(40-21-9-4-10-22-40)41-29-27-37(28-30-41)47-48(36-16-5-2-6-17-36)51-49-45(25-14-26-46(49)50-47)44-24-13-18-35-15-11-12-23-43(35)44;1-3-4-2;1-3-2/h2-34H,1H3;3-4H,1-2H3;3H,1H2,2H3/b;4-3-;. The number of rotatable bonds is 8. The number of para-hydroxylation sites is 3. The maximum absolute atomic E-state index is 5.43. The molecule has 60 heavy (non-hydrogen) atoms. The average molecular weight is 779 g/mol. The molecule has 0 saturated carbocycles. The van der Waals surface area contributed by atoms with Gasteiger partial charge in [-0.3, -0.25) is 0 Å². The zero-order chi connectivity index (χ0) is 41.7. The van der Waals surface area contributed by atoms with Gasteiger partial charge in [-0.15, -0.1) is 6.58 Å². The van der Waals surface area contributed by atoms with Gasteiger partial charge < -0.3 is 9.80 Å². The summed E-state index contributed by atoms with van der Waals surface area (Å²) in [6.45, 7) is 9.25. The average Bonchev–Trinajstić information content (AvgIpc) is 3.32. The largest absolute Gasteiger partial charge is 0.345 e. The molecular formula is C56H50N4. The van der Waals surface area contributed by atoms with E-state index in [1.807, 2.05) is 45.1 Å². The quantitative estimate of drug-likeness (QED) is 0.144. The third kappa shape index (κ3) is 9.09. The van der Waals surface area contributed by atoms with E-state index in [4.69, 9.17) is 9.97 Å². The van der Waals surface area contributed by atoms with Gasteiger partial charge in [-0.05, 0) is 104 Å². The topological polar surface area (TPSA) is 32.3 Å². The Bertz CT molecular complexity index is 2790. The van der Waals surface area contributed by atoms with Crippen molar-refractivity contribution in [3.05, 3.63) is 225 Å². The molecule has 1 heterocycles. The van der Waals surface area contributed by atoms with Crippen LogP contribution in [0.2, 0.25) is 0 Å². The molecule has 0 unspecified atom stereocenters. The summed E-state index contributed by atoms with van der Waals surface area (Å²) >= 11 is 0. The number of hydrogen-bond donors (Lipinski definition) is 0. The van der Waals surface area contributed by atoms with Crippen molar-refractivity contribution in [3.8, 4) is 33.6 Å². The molecule has 294 valence electrons. The van der Waals surface area contributed by atoms with E-state index >= 15 is 0 Å². The maximum Gasteiger partial charge on any atom is 0.0973 e. The van der Waals surface area contributed by atoms with Crippen molar-refractivity contribution >= 4 is 50.2 Å². The van der Waals surface area contributed by atoms with E-state index in [1.165, 1.54) is 10.8 Å². The maximum atomic E-state index is 5.43. The molecule has 0 amide bonds. The summed E-state index contributed by atoms with van der Waals surface area (Å²) in [5.41, 5.74) is 13.2. The first-order chi connectivity index (χ1) is 29.5. The number of nitrogens with zero attached hydrogens (tertiary/aromatic N) is 4. The van der Waals surface area contributed by atoms with Crippen molar-refractivity contribution in [1.82, 2.24) is 9.97 Å². The zero-order valence-electron chi connectivity index (χ0n) is 34.8. The lowest BCUT2D eigenvalue weighted by atomic mass is 9.96. The molecule has 0 radical (unpaired) electrons. The minimum atomic E-state index is 0.852. The molecule has 4 nitrogen and oxygen atoms in total. The lowest BCUT2D eigenvalue weighted by Crippen LogP contribution is -2.11. The molecule has 0 bridgehead atoms. The molecule has 4 heteroatoms. The Morgan fingerprint density at radius 1 is 0.417 bits per heavy atom. The fourth-order valence-corrected chi connectivity index (χ4v) is 7.17. The van der Waals surface area contributed by atoms with Crippen LogP contribution in [0.1, 0.15) is 20.8 Å². The highest BCUT2D eigenvalue weighted by atomic mass is 15.1. The van der Waals surface area contributed by atoms with Crippen LogP contribution < -0.4 is 9.80 Å². The van der Waals surface area contributed by atoms with Crippen LogP contribution in [0.15, 0.2) is 225 Å². The number of hydrogen-bond acceptors (Lipinski definition) is 4. The van der Waals surface area contributed by atoms with Gasteiger partial charge in [-0.2, -0.15) is 0 Å². The summed E-state index contributed by atoms with van der Waals surface area (Å²) in [5, 5.41) is 2.40. The van der Waals surface area contributed by atoms with Gasteiger partial charge in [-0.1, -0.05) is 152 Å². The van der Waals surface area contributed by atoms with Crippen molar-refractivity contribution in [2.24, 2.45) is 0 Å². The second-order valence-corrected chi connectivity index (χ2v) is 14.2. The molecule has 0 N–H and O–H groups in total. The van der Waals surface area contributed by atoms with Crippen molar-refractivity contribution in [2.75, 3.05) is 16.8 Å². The summed E-state index contributed by atoms with van der Waals surface area (Å²) in [6, 6.07) is 70.0. The van der Waals surface area contributed by atoms with Crippen molar-refractivity contribution in [1.29, 1.82) is 0 Å². The van der Waals surface area contributed by atoms with Gasteiger partial charge in [0.1, 0.15) is 0 Å². The van der Waals surface area contributed by atoms with Gasteiger partial charge in [0.15, 0.2) is 0 Å². The molecule has 0 fully saturated rings. The predicted molar refractivity (Wildman–Crippen MR) is 259 cm³/mol. The monoisotopic (exact) mass is 778 g/mol. The zero-order valence-corrected chi connectivity index (χ0v) is 34.8. The molecule has 0 spiro atoms. The lowest BCUT2D eigenvalue weighted by molar-refractivity contribution is 1.20. The Kier molecular flexibility index (Phi) is 13.4. The first-order valence-corrected chi connectivity index (χ1v) is 20.4. The SMILES string of the molecule is C/C=C\C.C=CC.CN(c1ccccc1)c1ccc(N(c2ccccc2)c2ccc(-c3nc4cccc(-c5cccc6ccccc56)c4nc3-c3ccccc3)cc2)cc1. The summed E-state index contributed by atoms with van der Waals surface area (Å²) < 4.78 is 0. The normalized spacial score (nSPS) is 10.7. The summed E-state index contributed by atoms with van der Waals surface area (Å²) in [6.07, 6.45) is 5.75. The molecule has 9 aromatic rings. The van der Waals surface area contributed by atoms with Gasteiger partial charge in [-0.25, -0.2) is 9.97 Å². The Morgan fingerprint density at radius 2 is 0.850 bits per heavy atom. The third-order valence-corrected chi connectivity index (χ3v) is 10.2. The minimum absolute atomic E-state index is 0.852. The van der Waals surface area contributed by atoms with E-state index in [9.17, 15) is 0 Å². The first-order valence-electron chi connectivity index (χ1n) is 20.4. The van der Waals surface area contributed by atoms with Crippen LogP contribution >= 0.6 is 0 Å². The Labute approximate surface area is 355 Å². The van der Waals surface area contributed by atoms with Crippen molar-refractivity contribution in [3.63, 3.8) is 0 Å². The highest BCUT2D eigenvalue weighted by Crippen LogP contribution is 2.40. The highest BCUT2D eigenvalue weighted by molar-refractivity contribution is 6.04. The molecule has 0 atom stereocenters. The van der Waals surface area contributed by atoms with Crippen LogP contribution in [0.25, 0.3) is 55.4 Å². The second kappa shape index (κ2) is 19.7. The van der Waals surface area contributed by atoms with E-state index in [0.717, 1.165) is 73.1 Å². The molecule has 1 aromatic heterocycles. The Balaban J connectivity index is 0.000000726. The van der Waals surface area contributed by atoms with Crippen LogP contribution in [0, 0.1) is 0 Å². The Hall–Kier alpha value is -7.56. The van der Waals surface area contributed by atoms with Gasteiger partial charge >= 0.3 is 0 Å². The Morgan fingerprint density at radius 3 is 1.48 bits per heavy atom.